The standard InChI is InChI=1S/C24H24N4O9/c1-12(29)34-9-17-21(35-13(2)30)22(36-14(3)31)24(37-17)28-11-27-19-18(25-10-26-23(19)28)20(32)15-7-5-6-8-16(15)33-4/h5-8,10-11,17,21-22,24H,9H2,1-4H3/t17-,21-,22-,24-/m1/s1. The molecule has 13 nitrogen and oxygen atoms in total. The maximum Gasteiger partial charge on any atom is 0.303 e. The number of fused-ring (bicyclic) bond motifs is 1. The molecule has 37 heavy (non-hydrogen) atoms. The molecule has 4 rings (SSSR count). The molecule has 194 valence electrons. The van der Waals surface area contributed by atoms with Crippen LogP contribution in [0.3, 0.4) is 0 Å². The number of hydrogen-bond acceptors (Lipinski definition) is 12. The van der Waals surface area contributed by atoms with Gasteiger partial charge >= 0.3 is 17.9 Å². The van der Waals surface area contributed by atoms with Gasteiger partial charge < -0.3 is 23.7 Å². The summed E-state index contributed by atoms with van der Waals surface area (Å²) in [5.74, 6) is -1.95. The van der Waals surface area contributed by atoms with Crippen LogP contribution < -0.4 is 4.74 Å². The lowest BCUT2D eigenvalue weighted by Gasteiger charge is -2.23. The number of nitrogens with zero attached hydrogens (tertiary/aromatic N) is 4. The van der Waals surface area contributed by atoms with E-state index in [1.807, 2.05) is 0 Å². The Morgan fingerprint density at radius 3 is 2.32 bits per heavy atom. The van der Waals surface area contributed by atoms with Gasteiger partial charge in [-0.1, -0.05) is 12.1 Å². The molecule has 3 heterocycles. The molecular weight excluding hydrogens is 488 g/mol. The number of benzene rings is 1. The number of esters is 3. The Morgan fingerprint density at radius 1 is 0.946 bits per heavy atom. The highest BCUT2D eigenvalue weighted by Gasteiger charge is 2.51. The van der Waals surface area contributed by atoms with Crippen molar-refractivity contribution < 1.29 is 42.9 Å². The summed E-state index contributed by atoms with van der Waals surface area (Å²) in [6.07, 6.45) is -1.74. The Morgan fingerprint density at radius 2 is 1.65 bits per heavy atom. The van der Waals surface area contributed by atoms with Crippen molar-refractivity contribution in [3.05, 3.63) is 48.2 Å². The molecule has 0 amide bonds. The van der Waals surface area contributed by atoms with Crippen LogP contribution in [0.2, 0.25) is 0 Å². The summed E-state index contributed by atoms with van der Waals surface area (Å²) in [6, 6.07) is 6.68. The average molecular weight is 512 g/mol. The van der Waals surface area contributed by atoms with Gasteiger partial charge in [-0.25, -0.2) is 15.0 Å². The zero-order chi connectivity index (χ0) is 26.7. The van der Waals surface area contributed by atoms with Gasteiger partial charge in [0.05, 0.1) is 19.0 Å². The Labute approximate surface area is 210 Å². The van der Waals surface area contributed by atoms with Gasteiger partial charge in [0.2, 0.25) is 5.78 Å². The highest BCUT2D eigenvalue weighted by Crippen LogP contribution is 2.36. The van der Waals surface area contributed by atoms with Gasteiger partial charge in [-0.2, -0.15) is 0 Å². The van der Waals surface area contributed by atoms with Gasteiger partial charge in [0, 0.05) is 20.8 Å². The smallest absolute Gasteiger partial charge is 0.303 e. The van der Waals surface area contributed by atoms with E-state index in [1.165, 1.54) is 45.1 Å². The third-order valence-corrected chi connectivity index (χ3v) is 5.54. The molecule has 0 aliphatic carbocycles. The minimum atomic E-state index is -1.14. The number of rotatable bonds is 8. The quantitative estimate of drug-likeness (QED) is 0.243. The number of carbonyl (C=O) groups excluding carboxylic acids is 4. The van der Waals surface area contributed by atoms with Gasteiger partial charge in [-0.05, 0) is 12.1 Å². The first kappa shape index (κ1) is 25.7. The molecule has 4 atom stereocenters. The number of imidazole rings is 1. The van der Waals surface area contributed by atoms with E-state index in [1.54, 1.807) is 24.3 Å². The van der Waals surface area contributed by atoms with Gasteiger partial charge in [0.1, 0.15) is 36.0 Å². The highest BCUT2D eigenvalue weighted by molar-refractivity contribution is 6.14. The van der Waals surface area contributed by atoms with E-state index in [9.17, 15) is 19.2 Å². The third-order valence-electron chi connectivity index (χ3n) is 5.54. The van der Waals surface area contributed by atoms with Crippen molar-refractivity contribution in [3.8, 4) is 5.75 Å². The van der Waals surface area contributed by atoms with Crippen molar-refractivity contribution in [1.29, 1.82) is 0 Å². The minimum Gasteiger partial charge on any atom is -0.496 e. The second-order valence-corrected chi connectivity index (χ2v) is 8.09. The molecule has 0 saturated carbocycles. The molecule has 13 heteroatoms. The van der Waals surface area contributed by atoms with Crippen LogP contribution in [0.5, 0.6) is 5.75 Å². The van der Waals surface area contributed by atoms with Gasteiger partial charge in [-0.15, -0.1) is 0 Å². The van der Waals surface area contributed by atoms with Crippen LogP contribution in [0.1, 0.15) is 43.1 Å². The number of ketones is 1. The summed E-state index contributed by atoms with van der Waals surface area (Å²) in [5.41, 5.74) is 0.662. The van der Waals surface area contributed by atoms with Crippen LogP contribution in [-0.4, -0.2) is 75.2 Å². The Hall–Kier alpha value is -4.39. The number of aromatic nitrogens is 4. The van der Waals surface area contributed by atoms with Crippen molar-refractivity contribution in [2.24, 2.45) is 0 Å². The second kappa shape index (κ2) is 10.7. The van der Waals surface area contributed by atoms with E-state index < -0.39 is 48.2 Å². The molecule has 2 aromatic heterocycles. The summed E-state index contributed by atoms with van der Waals surface area (Å²) in [6.45, 7) is 3.34. The maximum atomic E-state index is 13.3. The Kier molecular flexibility index (Phi) is 7.43. The molecule has 0 unspecified atom stereocenters. The van der Waals surface area contributed by atoms with E-state index in [-0.39, 0.29) is 29.0 Å². The lowest BCUT2D eigenvalue weighted by atomic mass is 10.1. The van der Waals surface area contributed by atoms with Gasteiger partial charge in [-0.3, -0.25) is 23.7 Å². The molecule has 1 fully saturated rings. The fourth-order valence-corrected chi connectivity index (χ4v) is 4.08. The van der Waals surface area contributed by atoms with Crippen LogP contribution in [0.4, 0.5) is 0 Å². The number of methoxy groups -OCH3 is 1. The lowest BCUT2D eigenvalue weighted by Crippen LogP contribution is -2.40. The van der Waals surface area contributed by atoms with Crippen molar-refractivity contribution in [2.45, 2.75) is 45.3 Å². The molecule has 0 N–H and O–H groups in total. The first-order valence-electron chi connectivity index (χ1n) is 11.2. The molecule has 1 aliphatic heterocycles. The first-order chi connectivity index (χ1) is 17.7. The fraction of sp³-hybridized carbons (Fsp3) is 0.375. The second-order valence-electron chi connectivity index (χ2n) is 8.09. The molecule has 0 bridgehead atoms. The number of carbonyl (C=O) groups is 4. The van der Waals surface area contributed by atoms with Crippen LogP contribution in [0.25, 0.3) is 11.2 Å². The van der Waals surface area contributed by atoms with E-state index in [4.69, 9.17) is 23.7 Å². The van der Waals surface area contributed by atoms with Gasteiger partial charge in [0.25, 0.3) is 0 Å². The number of hydrogen-bond donors (Lipinski definition) is 0. The van der Waals surface area contributed by atoms with Crippen molar-refractivity contribution in [1.82, 2.24) is 19.5 Å². The van der Waals surface area contributed by atoms with Crippen molar-refractivity contribution in [2.75, 3.05) is 13.7 Å². The summed E-state index contributed by atoms with van der Waals surface area (Å²) < 4.78 is 28.7. The normalized spacial score (nSPS) is 20.9. The molecule has 3 aromatic rings. The van der Waals surface area contributed by atoms with E-state index in [0.29, 0.717) is 5.75 Å². The number of ether oxygens (including phenoxy) is 5. The minimum absolute atomic E-state index is 0.0169. The van der Waals surface area contributed by atoms with Crippen molar-refractivity contribution >= 4 is 34.9 Å². The lowest BCUT2D eigenvalue weighted by molar-refractivity contribution is -0.166. The molecule has 0 radical (unpaired) electrons. The van der Waals surface area contributed by atoms with Crippen LogP contribution in [-0.2, 0) is 33.3 Å². The predicted octanol–water partition coefficient (Wildman–Crippen LogP) is 1.39. The largest absolute Gasteiger partial charge is 0.496 e. The van der Waals surface area contributed by atoms with Crippen molar-refractivity contribution in [3.63, 3.8) is 0 Å². The summed E-state index contributed by atoms with van der Waals surface area (Å²) in [4.78, 5) is 61.2. The van der Waals surface area contributed by atoms with Crippen LogP contribution in [0.15, 0.2) is 36.9 Å². The first-order valence-corrected chi connectivity index (χ1v) is 11.2. The Balaban J connectivity index is 1.76. The Bertz CT molecular complexity index is 1350. The highest BCUT2D eigenvalue weighted by atomic mass is 16.7. The maximum absolute atomic E-state index is 13.3. The molecular formula is C24H24N4O9. The van der Waals surface area contributed by atoms with Gasteiger partial charge in [0.15, 0.2) is 24.1 Å². The molecule has 1 aliphatic rings. The molecule has 1 saturated heterocycles. The fourth-order valence-electron chi connectivity index (χ4n) is 4.08. The van der Waals surface area contributed by atoms with Crippen LogP contribution in [0, 0.1) is 0 Å². The molecule has 0 spiro atoms. The SMILES string of the molecule is COc1ccccc1C(=O)c1ncnc2c1ncn2[C@@H]1O[C@H](COC(C)=O)[C@@H](OC(C)=O)[C@H]1OC(C)=O. The molecule has 1 aromatic carbocycles. The summed E-state index contributed by atoms with van der Waals surface area (Å²) >= 11 is 0. The number of para-hydroxylation sites is 1. The summed E-state index contributed by atoms with van der Waals surface area (Å²) in [5, 5.41) is 0. The van der Waals surface area contributed by atoms with E-state index in [0.717, 1.165) is 0 Å². The predicted molar refractivity (Wildman–Crippen MR) is 123 cm³/mol. The topological polar surface area (TPSA) is 158 Å². The van der Waals surface area contributed by atoms with E-state index >= 15 is 0 Å². The summed E-state index contributed by atoms with van der Waals surface area (Å²) in [7, 11) is 1.45. The third kappa shape index (κ3) is 5.26. The zero-order valence-corrected chi connectivity index (χ0v) is 20.4. The average Bonchev–Trinajstić information content (AvgIpc) is 3.43. The zero-order valence-electron chi connectivity index (χ0n) is 20.4. The monoisotopic (exact) mass is 512 g/mol. The van der Waals surface area contributed by atoms with Crippen LogP contribution >= 0.6 is 0 Å². The van der Waals surface area contributed by atoms with E-state index in [2.05, 4.69) is 15.0 Å².